The molecule has 1 saturated carbocycles. The summed E-state index contributed by atoms with van der Waals surface area (Å²) in [6, 6.07) is -0.143. The lowest BCUT2D eigenvalue weighted by Gasteiger charge is -2.34. The van der Waals surface area contributed by atoms with Crippen molar-refractivity contribution in [2.45, 2.75) is 63.2 Å². The first-order chi connectivity index (χ1) is 11.5. The highest BCUT2D eigenvalue weighted by molar-refractivity contribution is 6.07. The van der Waals surface area contributed by atoms with Crippen molar-refractivity contribution >= 4 is 11.9 Å². The Balaban J connectivity index is 1.67. The van der Waals surface area contributed by atoms with E-state index >= 15 is 0 Å². The van der Waals surface area contributed by atoms with Gasteiger partial charge in [0.15, 0.2) is 0 Å². The normalized spacial score (nSPS) is 37.8. The fourth-order valence-electron chi connectivity index (χ4n) is 5.13. The number of imide groups is 1. The van der Waals surface area contributed by atoms with Crippen LogP contribution in [0.5, 0.6) is 0 Å². The highest BCUT2D eigenvalue weighted by Crippen LogP contribution is 2.48. The van der Waals surface area contributed by atoms with Crippen LogP contribution in [0.3, 0.4) is 0 Å². The SMILES string of the molecule is CC(C)N1C(=O)N(C2COCOC2)C(=O)C12CC1CCCNC1C2. The van der Waals surface area contributed by atoms with Crippen LogP contribution in [0.25, 0.3) is 0 Å². The van der Waals surface area contributed by atoms with Crippen LogP contribution in [-0.2, 0) is 14.3 Å². The number of hydrogen-bond acceptors (Lipinski definition) is 5. The Morgan fingerprint density at radius 3 is 2.62 bits per heavy atom. The molecule has 3 amide bonds. The third kappa shape index (κ3) is 2.29. The molecule has 1 N–H and O–H groups in total. The van der Waals surface area contributed by atoms with Crippen LogP contribution in [0, 0.1) is 5.92 Å². The van der Waals surface area contributed by atoms with Gasteiger partial charge in [-0.3, -0.25) is 9.69 Å². The molecule has 3 heterocycles. The first-order valence-electron chi connectivity index (χ1n) is 9.10. The van der Waals surface area contributed by atoms with Crippen molar-refractivity contribution in [3.63, 3.8) is 0 Å². The molecule has 134 valence electrons. The van der Waals surface area contributed by atoms with Crippen molar-refractivity contribution in [1.29, 1.82) is 0 Å². The first-order valence-corrected chi connectivity index (χ1v) is 9.10. The first kappa shape index (κ1) is 16.3. The molecular weight excluding hydrogens is 310 g/mol. The van der Waals surface area contributed by atoms with E-state index in [-0.39, 0.29) is 30.8 Å². The minimum Gasteiger partial charge on any atom is -0.353 e. The molecule has 4 fully saturated rings. The van der Waals surface area contributed by atoms with Crippen molar-refractivity contribution in [3.8, 4) is 0 Å². The number of fused-ring (bicyclic) bond motifs is 1. The monoisotopic (exact) mass is 337 g/mol. The van der Waals surface area contributed by atoms with Gasteiger partial charge in [0.25, 0.3) is 5.91 Å². The molecule has 3 atom stereocenters. The van der Waals surface area contributed by atoms with E-state index in [0.29, 0.717) is 25.2 Å². The number of amides is 3. The molecule has 0 aromatic heterocycles. The van der Waals surface area contributed by atoms with Crippen molar-refractivity contribution in [1.82, 2.24) is 15.1 Å². The predicted octanol–water partition coefficient (Wildman–Crippen LogP) is 0.933. The Morgan fingerprint density at radius 1 is 1.21 bits per heavy atom. The molecule has 1 aliphatic carbocycles. The lowest BCUT2D eigenvalue weighted by atomic mass is 9.91. The average Bonchev–Trinajstić information content (AvgIpc) is 3.04. The van der Waals surface area contributed by atoms with Crippen LogP contribution in [0.15, 0.2) is 0 Å². The number of nitrogens with zero attached hydrogens (tertiary/aromatic N) is 2. The van der Waals surface area contributed by atoms with Gasteiger partial charge in [0.2, 0.25) is 0 Å². The Morgan fingerprint density at radius 2 is 1.96 bits per heavy atom. The Kier molecular flexibility index (Phi) is 4.05. The number of ether oxygens (including phenoxy) is 2. The van der Waals surface area contributed by atoms with Gasteiger partial charge in [-0.05, 0) is 52.0 Å². The summed E-state index contributed by atoms with van der Waals surface area (Å²) in [5.41, 5.74) is -0.685. The lowest BCUT2D eigenvalue weighted by Crippen LogP contribution is -2.52. The van der Waals surface area contributed by atoms with E-state index in [1.807, 2.05) is 18.7 Å². The number of rotatable bonds is 2. The summed E-state index contributed by atoms with van der Waals surface area (Å²) in [6.07, 6.45) is 3.79. The summed E-state index contributed by atoms with van der Waals surface area (Å²) >= 11 is 0. The summed E-state index contributed by atoms with van der Waals surface area (Å²) in [5, 5.41) is 3.56. The van der Waals surface area contributed by atoms with E-state index in [9.17, 15) is 9.59 Å². The van der Waals surface area contributed by atoms with Gasteiger partial charge in [0.05, 0.1) is 19.3 Å². The fourth-order valence-corrected chi connectivity index (χ4v) is 5.13. The minimum atomic E-state index is -0.685. The maximum absolute atomic E-state index is 13.4. The molecule has 3 unspecified atom stereocenters. The third-order valence-electron chi connectivity index (χ3n) is 6.04. The van der Waals surface area contributed by atoms with Gasteiger partial charge in [0, 0.05) is 12.1 Å². The Labute approximate surface area is 142 Å². The summed E-state index contributed by atoms with van der Waals surface area (Å²) < 4.78 is 10.7. The van der Waals surface area contributed by atoms with Gasteiger partial charge in [-0.15, -0.1) is 0 Å². The number of carbonyl (C=O) groups excluding carboxylic acids is 2. The molecule has 7 nitrogen and oxygen atoms in total. The summed E-state index contributed by atoms with van der Waals surface area (Å²) in [7, 11) is 0. The van der Waals surface area contributed by atoms with Crippen molar-refractivity contribution in [2.75, 3.05) is 26.6 Å². The molecule has 4 aliphatic rings. The van der Waals surface area contributed by atoms with E-state index in [4.69, 9.17) is 9.47 Å². The van der Waals surface area contributed by atoms with Gasteiger partial charge in [-0.1, -0.05) is 0 Å². The lowest BCUT2D eigenvalue weighted by molar-refractivity contribution is -0.150. The Hall–Kier alpha value is -1.18. The highest BCUT2D eigenvalue weighted by atomic mass is 16.7. The number of carbonyl (C=O) groups is 2. The average molecular weight is 337 g/mol. The topological polar surface area (TPSA) is 71.1 Å². The number of nitrogens with one attached hydrogen (secondary N) is 1. The molecule has 0 aromatic rings. The smallest absolute Gasteiger partial charge is 0.328 e. The molecule has 1 spiro atoms. The molecule has 4 rings (SSSR count). The van der Waals surface area contributed by atoms with E-state index in [1.165, 1.54) is 4.90 Å². The van der Waals surface area contributed by atoms with Crippen molar-refractivity contribution < 1.29 is 19.1 Å². The van der Waals surface area contributed by atoms with E-state index < -0.39 is 5.54 Å². The van der Waals surface area contributed by atoms with Crippen LogP contribution in [0.4, 0.5) is 4.79 Å². The predicted molar refractivity (Wildman–Crippen MR) is 86.3 cm³/mol. The third-order valence-corrected chi connectivity index (χ3v) is 6.04. The summed E-state index contributed by atoms with van der Waals surface area (Å²) in [6.45, 7) is 5.98. The minimum absolute atomic E-state index is 0.00275. The maximum Gasteiger partial charge on any atom is 0.328 e. The molecule has 7 heteroatoms. The zero-order chi connectivity index (χ0) is 16.9. The van der Waals surface area contributed by atoms with Gasteiger partial charge in [-0.25, -0.2) is 4.79 Å². The second-order valence-corrected chi connectivity index (χ2v) is 7.84. The molecule has 0 radical (unpaired) electrons. The van der Waals surface area contributed by atoms with Crippen molar-refractivity contribution in [2.24, 2.45) is 5.92 Å². The second kappa shape index (κ2) is 5.97. The number of urea groups is 1. The zero-order valence-corrected chi connectivity index (χ0v) is 14.5. The summed E-state index contributed by atoms with van der Waals surface area (Å²) in [4.78, 5) is 29.8. The quantitative estimate of drug-likeness (QED) is 0.759. The number of piperidine rings is 1. The van der Waals surface area contributed by atoms with Crippen LogP contribution >= 0.6 is 0 Å². The maximum atomic E-state index is 13.4. The molecular formula is C17H27N3O4. The molecule has 0 aromatic carbocycles. The van der Waals surface area contributed by atoms with E-state index in [2.05, 4.69) is 5.32 Å². The molecule has 24 heavy (non-hydrogen) atoms. The van der Waals surface area contributed by atoms with Gasteiger partial charge in [-0.2, -0.15) is 0 Å². The molecule has 0 bridgehead atoms. The molecule has 3 saturated heterocycles. The molecule has 3 aliphatic heterocycles. The van der Waals surface area contributed by atoms with Gasteiger partial charge in [0.1, 0.15) is 12.3 Å². The summed E-state index contributed by atoms with van der Waals surface area (Å²) in [5.74, 6) is 0.437. The van der Waals surface area contributed by atoms with Crippen LogP contribution in [-0.4, -0.2) is 72.0 Å². The zero-order valence-electron chi connectivity index (χ0n) is 14.5. The second-order valence-electron chi connectivity index (χ2n) is 7.84. The van der Waals surface area contributed by atoms with Gasteiger partial charge < -0.3 is 19.7 Å². The van der Waals surface area contributed by atoms with Crippen LogP contribution < -0.4 is 5.32 Å². The van der Waals surface area contributed by atoms with E-state index in [1.54, 1.807) is 0 Å². The van der Waals surface area contributed by atoms with Gasteiger partial charge >= 0.3 is 6.03 Å². The van der Waals surface area contributed by atoms with E-state index in [0.717, 1.165) is 32.2 Å². The fraction of sp³-hybridized carbons (Fsp3) is 0.882. The van der Waals surface area contributed by atoms with Crippen LogP contribution in [0.2, 0.25) is 0 Å². The highest BCUT2D eigenvalue weighted by Gasteiger charge is 2.64. The Bertz CT molecular complexity index is 518. The standard InChI is InChI=1S/C17H27N3O4/c1-11(2)20-16(22)19(13-8-23-10-24-9-13)15(21)17(20)6-12-4-3-5-18-14(12)7-17/h11-14,18H,3-10H2,1-2H3. The largest absolute Gasteiger partial charge is 0.353 e. The van der Waals surface area contributed by atoms with Crippen LogP contribution in [0.1, 0.15) is 39.5 Å². The van der Waals surface area contributed by atoms with Crippen molar-refractivity contribution in [3.05, 3.63) is 0 Å². The number of hydrogen-bond donors (Lipinski definition) is 1.